The number of hydrogen-bond acceptors (Lipinski definition) is 5. The van der Waals surface area contributed by atoms with Gasteiger partial charge in [-0.25, -0.2) is 0 Å². The highest BCUT2D eigenvalue weighted by Gasteiger charge is 2.17. The number of nitrogens with one attached hydrogen (secondary N) is 1. The highest BCUT2D eigenvalue weighted by atomic mass is 32.2. The van der Waals surface area contributed by atoms with Crippen LogP contribution in [0.4, 0.5) is 5.69 Å². The Balaban J connectivity index is 2.00. The van der Waals surface area contributed by atoms with E-state index in [2.05, 4.69) is 21.6 Å². The fourth-order valence-corrected chi connectivity index (χ4v) is 3.78. The number of anilines is 1. The zero-order valence-corrected chi connectivity index (χ0v) is 13.6. The van der Waals surface area contributed by atoms with Gasteiger partial charge in [-0.15, -0.1) is 10.2 Å². The van der Waals surface area contributed by atoms with Gasteiger partial charge in [0.2, 0.25) is 5.91 Å². The second-order valence-corrected chi connectivity index (χ2v) is 7.48. The maximum atomic E-state index is 12.2. The quantitative estimate of drug-likeness (QED) is 0.877. The molecule has 0 radical (unpaired) electrons. The lowest BCUT2D eigenvalue weighted by atomic mass is 10.1. The number of aryl methyl sites for hydroxylation is 3. The second kappa shape index (κ2) is 6.37. The van der Waals surface area contributed by atoms with E-state index in [-0.39, 0.29) is 11.2 Å². The molecule has 0 aliphatic rings. The van der Waals surface area contributed by atoms with Gasteiger partial charge in [0.25, 0.3) is 0 Å². The number of carbonyl (C=O) groups excluding carboxylic acids is 1. The van der Waals surface area contributed by atoms with Crippen LogP contribution in [0.25, 0.3) is 0 Å². The number of aromatic nitrogens is 2. The number of amides is 1. The van der Waals surface area contributed by atoms with Gasteiger partial charge in [0.15, 0.2) is 4.34 Å². The summed E-state index contributed by atoms with van der Waals surface area (Å²) in [7, 11) is 0. The van der Waals surface area contributed by atoms with Gasteiger partial charge in [0.1, 0.15) is 5.01 Å². The Labute approximate surface area is 127 Å². The molecule has 1 unspecified atom stereocenters. The van der Waals surface area contributed by atoms with E-state index in [1.807, 2.05) is 39.8 Å². The minimum absolute atomic E-state index is 0.0205. The van der Waals surface area contributed by atoms with E-state index in [0.717, 1.165) is 26.2 Å². The van der Waals surface area contributed by atoms with Gasteiger partial charge < -0.3 is 5.32 Å². The average Bonchev–Trinajstić information content (AvgIpc) is 2.73. The first-order valence-electron chi connectivity index (χ1n) is 6.30. The van der Waals surface area contributed by atoms with Crippen LogP contribution < -0.4 is 5.32 Å². The molecule has 1 amide bonds. The Morgan fingerprint density at radius 3 is 2.40 bits per heavy atom. The zero-order valence-electron chi connectivity index (χ0n) is 11.9. The molecule has 20 heavy (non-hydrogen) atoms. The van der Waals surface area contributed by atoms with E-state index in [1.165, 1.54) is 23.1 Å². The molecule has 0 saturated heterocycles. The van der Waals surface area contributed by atoms with Gasteiger partial charge in [0, 0.05) is 5.69 Å². The molecule has 0 saturated carbocycles. The number of benzene rings is 1. The normalized spacial score (nSPS) is 12.2. The summed E-state index contributed by atoms with van der Waals surface area (Å²) in [6.45, 7) is 7.82. The molecule has 0 aliphatic heterocycles. The van der Waals surface area contributed by atoms with Crippen molar-refractivity contribution in [2.75, 3.05) is 5.32 Å². The fourth-order valence-electron chi connectivity index (χ4n) is 1.82. The van der Waals surface area contributed by atoms with Crippen molar-refractivity contribution < 1.29 is 4.79 Å². The van der Waals surface area contributed by atoms with Crippen molar-refractivity contribution in [2.24, 2.45) is 0 Å². The van der Waals surface area contributed by atoms with Crippen LogP contribution in [0.3, 0.4) is 0 Å². The predicted molar refractivity (Wildman–Crippen MR) is 84.5 cm³/mol. The summed E-state index contributed by atoms with van der Waals surface area (Å²) in [5, 5.41) is 11.6. The Hall–Kier alpha value is -1.40. The van der Waals surface area contributed by atoms with Gasteiger partial charge >= 0.3 is 0 Å². The third kappa shape index (κ3) is 4.05. The van der Waals surface area contributed by atoms with Crippen molar-refractivity contribution >= 4 is 34.7 Å². The monoisotopic (exact) mass is 307 g/mol. The third-order valence-corrected chi connectivity index (χ3v) is 4.67. The van der Waals surface area contributed by atoms with Crippen molar-refractivity contribution in [2.45, 2.75) is 37.3 Å². The Bertz CT molecular complexity index is 604. The smallest absolute Gasteiger partial charge is 0.237 e. The van der Waals surface area contributed by atoms with Gasteiger partial charge in [0.05, 0.1) is 5.25 Å². The summed E-state index contributed by atoms with van der Waals surface area (Å²) in [5.41, 5.74) is 3.12. The van der Waals surface area contributed by atoms with Gasteiger partial charge in [-0.2, -0.15) is 0 Å². The third-order valence-electron chi connectivity index (χ3n) is 2.64. The van der Waals surface area contributed by atoms with Crippen molar-refractivity contribution in [1.29, 1.82) is 0 Å². The molecular weight excluding hydrogens is 290 g/mol. The van der Waals surface area contributed by atoms with E-state index < -0.39 is 0 Å². The summed E-state index contributed by atoms with van der Waals surface area (Å²) in [4.78, 5) is 12.2. The van der Waals surface area contributed by atoms with Crippen molar-refractivity contribution in [3.63, 3.8) is 0 Å². The largest absolute Gasteiger partial charge is 0.325 e. The second-order valence-electron chi connectivity index (χ2n) is 4.71. The van der Waals surface area contributed by atoms with E-state index in [9.17, 15) is 4.79 Å². The average molecular weight is 307 g/mol. The van der Waals surface area contributed by atoms with E-state index in [4.69, 9.17) is 0 Å². The maximum Gasteiger partial charge on any atom is 0.237 e. The number of nitrogens with zero attached hydrogens (tertiary/aromatic N) is 2. The van der Waals surface area contributed by atoms with Gasteiger partial charge in [-0.3, -0.25) is 4.79 Å². The molecule has 0 fully saturated rings. The number of thioether (sulfide) groups is 1. The summed E-state index contributed by atoms with van der Waals surface area (Å²) in [6.07, 6.45) is 0. The lowest BCUT2D eigenvalue weighted by Crippen LogP contribution is -2.22. The molecule has 0 spiro atoms. The molecule has 0 bridgehead atoms. The topological polar surface area (TPSA) is 54.9 Å². The lowest BCUT2D eigenvalue weighted by molar-refractivity contribution is -0.115. The highest BCUT2D eigenvalue weighted by Crippen LogP contribution is 2.27. The van der Waals surface area contributed by atoms with Crippen LogP contribution in [0, 0.1) is 20.8 Å². The van der Waals surface area contributed by atoms with Crippen LogP contribution in [-0.4, -0.2) is 21.4 Å². The minimum Gasteiger partial charge on any atom is -0.325 e. The molecule has 2 aromatic rings. The minimum atomic E-state index is -0.205. The number of rotatable bonds is 4. The first-order valence-corrected chi connectivity index (χ1v) is 7.99. The number of hydrogen-bond donors (Lipinski definition) is 1. The fraction of sp³-hybridized carbons (Fsp3) is 0.357. The Morgan fingerprint density at radius 1 is 1.20 bits per heavy atom. The highest BCUT2D eigenvalue weighted by molar-refractivity contribution is 8.02. The van der Waals surface area contributed by atoms with Crippen molar-refractivity contribution in [1.82, 2.24) is 10.2 Å². The predicted octanol–water partition coefficient (Wildman–Crippen LogP) is 3.58. The van der Waals surface area contributed by atoms with Gasteiger partial charge in [-0.1, -0.05) is 29.2 Å². The molecule has 1 aromatic carbocycles. The van der Waals surface area contributed by atoms with Crippen LogP contribution in [0.1, 0.15) is 23.1 Å². The van der Waals surface area contributed by atoms with Crippen LogP contribution in [0.5, 0.6) is 0 Å². The molecular formula is C14H17N3OS2. The lowest BCUT2D eigenvalue weighted by Gasteiger charge is -2.11. The number of carbonyl (C=O) groups is 1. The standard InChI is InChI=1S/C14H17N3OS2/c1-8-5-9(2)7-12(6-8)15-13(18)10(3)19-14-17-16-11(4)20-14/h5-7,10H,1-4H3,(H,15,18). The molecule has 2 rings (SSSR count). The van der Waals surface area contributed by atoms with Crippen molar-refractivity contribution in [3.8, 4) is 0 Å². The molecule has 1 heterocycles. The van der Waals surface area contributed by atoms with Crippen LogP contribution >= 0.6 is 23.1 Å². The van der Waals surface area contributed by atoms with E-state index in [0.29, 0.717) is 0 Å². The molecule has 1 N–H and O–H groups in total. The van der Waals surface area contributed by atoms with E-state index >= 15 is 0 Å². The first-order chi connectivity index (χ1) is 9.44. The first kappa shape index (κ1) is 15.0. The van der Waals surface area contributed by atoms with E-state index in [1.54, 1.807) is 0 Å². The maximum absolute atomic E-state index is 12.2. The Kier molecular flexibility index (Phi) is 4.77. The van der Waals surface area contributed by atoms with Crippen LogP contribution in [0.15, 0.2) is 22.5 Å². The summed E-state index contributed by atoms with van der Waals surface area (Å²) >= 11 is 2.94. The molecule has 6 heteroatoms. The van der Waals surface area contributed by atoms with Gasteiger partial charge in [-0.05, 0) is 51.0 Å². The summed E-state index contributed by atoms with van der Waals surface area (Å²) in [5.74, 6) is -0.0205. The summed E-state index contributed by atoms with van der Waals surface area (Å²) in [6, 6.07) is 6.02. The van der Waals surface area contributed by atoms with Crippen molar-refractivity contribution in [3.05, 3.63) is 34.3 Å². The Morgan fingerprint density at radius 2 is 1.85 bits per heavy atom. The summed E-state index contributed by atoms with van der Waals surface area (Å²) < 4.78 is 0.825. The molecule has 0 aliphatic carbocycles. The SMILES string of the molecule is Cc1cc(C)cc(NC(=O)C(C)Sc2nnc(C)s2)c1. The van der Waals surface area contributed by atoms with Crippen LogP contribution in [-0.2, 0) is 4.79 Å². The molecule has 1 atom stereocenters. The molecule has 106 valence electrons. The van der Waals surface area contributed by atoms with Crippen LogP contribution in [0.2, 0.25) is 0 Å². The zero-order chi connectivity index (χ0) is 14.7. The molecule has 4 nitrogen and oxygen atoms in total. The molecule has 1 aromatic heterocycles.